The molecule has 4 heteroatoms. The second-order valence-electron chi connectivity index (χ2n) is 4.75. The number of benzene rings is 1. The van der Waals surface area contributed by atoms with Gasteiger partial charge in [-0.1, -0.05) is 12.1 Å². The molecule has 0 bridgehead atoms. The first-order valence-corrected chi connectivity index (χ1v) is 6.15. The van der Waals surface area contributed by atoms with Crippen molar-refractivity contribution in [3.05, 3.63) is 24.3 Å². The Bertz CT molecular complexity index is 404. The van der Waals surface area contributed by atoms with Gasteiger partial charge in [0.25, 0.3) is 0 Å². The van der Waals surface area contributed by atoms with Crippen LogP contribution in [-0.2, 0) is 0 Å². The topological polar surface area (TPSA) is 33.7 Å². The lowest BCUT2D eigenvalue weighted by Crippen LogP contribution is -2.61. The lowest BCUT2D eigenvalue weighted by Gasteiger charge is -2.45. The number of piperazine rings is 1. The number of nitrogens with zero attached hydrogens (tertiary/aromatic N) is 1. The quantitative estimate of drug-likeness (QED) is 0.788. The summed E-state index contributed by atoms with van der Waals surface area (Å²) in [5.74, 6) is 1.69. The zero-order valence-electron chi connectivity index (χ0n) is 10.1. The van der Waals surface area contributed by atoms with Gasteiger partial charge in [0, 0.05) is 26.2 Å². The smallest absolute Gasteiger partial charge is 0.195 e. The highest BCUT2D eigenvalue weighted by Crippen LogP contribution is 2.36. The highest BCUT2D eigenvalue weighted by atomic mass is 16.6. The number of hydrogen-bond donors (Lipinski definition) is 1. The van der Waals surface area contributed by atoms with Gasteiger partial charge in [-0.3, -0.25) is 4.90 Å². The minimum absolute atomic E-state index is 0.337. The summed E-state index contributed by atoms with van der Waals surface area (Å²) in [4.78, 5) is 2.35. The van der Waals surface area contributed by atoms with Crippen molar-refractivity contribution >= 4 is 0 Å². The average Bonchev–Trinajstić information content (AvgIpc) is 2.40. The molecule has 0 aromatic heterocycles. The molecule has 1 unspecified atom stereocenters. The molecule has 1 aromatic rings. The molecule has 2 aliphatic rings. The molecule has 0 amide bonds. The van der Waals surface area contributed by atoms with Gasteiger partial charge in [-0.05, 0) is 19.1 Å². The Hall–Kier alpha value is -1.26. The summed E-state index contributed by atoms with van der Waals surface area (Å²) in [7, 11) is 0. The molecule has 1 saturated heterocycles. The summed E-state index contributed by atoms with van der Waals surface area (Å²) in [6.45, 7) is 6.73. The SMILES string of the molecule is CC1(N2CCNCC2)COc2ccccc2O1. The third-order valence-electron chi connectivity index (χ3n) is 3.46. The maximum atomic E-state index is 6.13. The second kappa shape index (κ2) is 4.20. The summed E-state index contributed by atoms with van der Waals surface area (Å²) < 4.78 is 11.9. The molecule has 1 fully saturated rings. The van der Waals surface area contributed by atoms with E-state index in [2.05, 4.69) is 17.1 Å². The Kier molecular flexibility index (Phi) is 2.68. The van der Waals surface area contributed by atoms with Crippen LogP contribution in [0.25, 0.3) is 0 Å². The lowest BCUT2D eigenvalue weighted by atomic mass is 10.1. The number of fused-ring (bicyclic) bond motifs is 1. The molecule has 0 saturated carbocycles. The summed E-state index contributed by atoms with van der Waals surface area (Å²) in [5, 5.41) is 3.35. The van der Waals surface area contributed by atoms with Crippen molar-refractivity contribution in [2.75, 3.05) is 32.8 Å². The van der Waals surface area contributed by atoms with Crippen molar-refractivity contribution in [2.45, 2.75) is 12.6 Å². The second-order valence-corrected chi connectivity index (χ2v) is 4.75. The fourth-order valence-electron chi connectivity index (χ4n) is 2.43. The van der Waals surface area contributed by atoms with E-state index in [1.807, 2.05) is 24.3 Å². The molecule has 1 aromatic carbocycles. The average molecular weight is 234 g/mol. The fraction of sp³-hybridized carbons (Fsp3) is 0.538. The maximum absolute atomic E-state index is 6.13. The van der Waals surface area contributed by atoms with Gasteiger partial charge in [0.2, 0.25) is 0 Å². The van der Waals surface area contributed by atoms with Crippen LogP contribution in [0.5, 0.6) is 11.5 Å². The predicted molar refractivity (Wildman–Crippen MR) is 65.4 cm³/mol. The summed E-state index contributed by atoms with van der Waals surface area (Å²) in [6, 6.07) is 7.86. The molecule has 2 aliphatic heterocycles. The van der Waals surface area contributed by atoms with Crippen LogP contribution in [0, 0.1) is 0 Å². The first-order valence-electron chi connectivity index (χ1n) is 6.15. The van der Waals surface area contributed by atoms with Crippen molar-refractivity contribution in [3.63, 3.8) is 0 Å². The van der Waals surface area contributed by atoms with Crippen molar-refractivity contribution in [3.8, 4) is 11.5 Å². The number of para-hydroxylation sites is 2. The number of hydrogen-bond acceptors (Lipinski definition) is 4. The van der Waals surface area contributed by atoms with E-state index in [4.69, 9.17) is 9.47 Å². The van der Waals surface area contributed by atoms with E-state index in [0.717, 1.165) is 37.7 Å². The van der Waals surface area contributed by atoms with E-state index in [9.17, 15) is 0 Å². The summed E-state index contributed by atoms with van der Waals surface area (Å²) in [6.07, 6.45) is 0. The first kappa shape index (κ1) is 10.9. The van der Waals surface area contributed by atoms with Crippen molar-refractivity contribution < 1.29 is 9.47 Å². The number of ether oxygens (including phenoxy) is 2. The number of rotatable bonds is 1. The molecule has 1 N–H and O–H groups in total. The van der Waals surface area contributed by atoms with E-state index in [1.54, 1.807) is 0 Å². The molecule has 3 rings (SSSR count). The van der Waals surface area contributed by atoms with Gasteiger partial charge in [0.1, 0.15) is 6.61 Å². The van der Waals surface area contributed by atoms with Gasteiger partial charge in [0.15, 0.2) is 17.2 Å². The Labute approximate surface area is 102 Å². The number of nitrogens with one attached hydrogen (secondary N) is 1. The lowest BCUT2D eigenvalue weighted by molar-refractivity contribution is -0.118. The molecule has 0 spiro atoms. The van der Waals surface area contributed by atoms with Gasteiger partial charge in [-0.15, -0.1) is 0 Å². The Morgan fingerprint density at radius 1 is 1.18 bits per heavy atom. The van der Waals surface area contributed by atoms with Crippen LogP contribution in [-0.4, -0.2) is 43.4 Å². The predicted octanol–water partition coefficient (Wildman–Crippen LogP) is 1.08. The van der Waals surface area contributed by atoms with Crippen LogP contribution in [0.15, 0.2) is 24.3 Å². The third-order valence-corrected chi connectivity index (χ3v) is 3.46. The minimum atomic E-state index is -0.337. The summed E-state index contributed by atoms with van der Waals surface area (Å²) >= 11 is 0. The van der Waals surface area contributed by atoms with Crippen molar-refractivity contribution in [1.29, 1.82) is 0 Å². The molecule has 4 nitrogen and oxygen atoms in total. The van der Waals surface area contributed by atoms with Crippen LogP contribution >= 0.6 is 0 Å². The molecular weight excluding hydrogens is 216 g/mol. The van der Waals surface area contributed by atoms with E-state index in [1.165, 1.54) is 0 Å². The minimum Gasteiger partial charge on any atom is -0.484 e. The van der Waals surface area contributed by atoms with Crippen molar-refractivity contribution in [1.82, 2.24) is 10.2 Å². The molecule has 1 atom stereocenters. The van der Waals surface area contributed by atoms with E-state index in [0.29, 0.717) is 6.61 Å². The Balaban J connectivity index is 1.81. The third kappa shape index (κ3) is 1.98. The van der Waals surface area contributed by atoms with E-state index < -0.39 is 0 Å². The molecule has 17 heavy (non-hydrogen) atoms. The van der Waals surface area contributed by atoms with Gasteiger partial charge in [-0.2, -0.15) is 0 Å². The highest BCUT2D eigenvalue weighted by Gasteiger charge is 2.39. The fourth-order valence-corrected chi connectivity index (χ4v) is 2.43. The van der Waals surface area contributed by atoms with Crippen LogP contribution in [0.1, 0.15) is 6.92 Å². The van der Waals surface area contributed by atoms with E-state index >= 15 is 0 Å². The zero-order chi connectivity index (χ0) is 11.7. The largest absolute Gasteiger partial charge is 0.484 e. The van der Waals surface area contributed by atoms with Gasteiger partial charge < -0.3 is 14.8 Å². The van der Waals surface area contributed by atoms with Gasteiger partial charge in [0.05, 0.1) is 0 Å². The first-order chi connectivity index (χ1) is 8.28. The van der Waals surface area contributed by atoms with Crippen LogP contribution < -0.4 is 14.8 Å². The summed E-state index contributed by atoms with van der Waals surface area (Å²) in [5.41, 5.74) is -0.337. The van der Waals surface area contributed by atoms with E-state index in [-0.39, 0.29) is 5.72 Å². The standard InChI is InChI=1S/C13H18N2O2/c1-13(15-8-6-14-7-9-15)10-16-11-4-2-3-5-12(11)17-13/h2-5,14H,6-10H2,1H3. The molecular formula is C13H18N2O2. The highest BCUT2D eigenvalue weighted by molar-refractivity contribution is 5.41. The van der Waals surface area contributed by atoms with Gasteiger partial charge in [-0.25, -0.2) is 0 Å². The molecule has 2 heterocycles. The zero-order valence-corrected chi connectivity index (χ0v) is 10.1. The normalized spacial score (nSPS) is 29.0. The van der Waals surface area contributed by atoms with Crippen LogP contribution in [0.2, 0.25) is 0 Å². The molecule has 92 valence electrons. The molecule has 0 aliphatic carbocycles. The van der Waals surface area contributed by atoms with Gasteiger partial charge >= 0.3 is 0 Å². The maximum Gasteiger partial charge on any atom is 0.195 e. The van der Waals surface area contributed by atoms with Crippen LogP contribution in [0.3, 0.4) is 0 Å². The van der Waals surface area contributed by atoms with Crippen LogP contribution in [0.4, 0.5) is 0 Å². The monoisotopic (exact) mass is 234 g/mol. The Morgan fingerprint density at radius 3 is 2.65 bits per heavy atom. The Morgan fingerprint density at radius 2 is 1.88 bits per heavy atom. The van der Waals surface area contributed by atoms with Crippen molar-refractivity contribution in [2.24, 2.45) is 0 Å². The molecule has 0 radical (unpaired) electrons.